The maximum Gasteiger partial charge on any atom is 0.0144 e. The molecule has 0 bridgehead atoms. The standard InChI is InChI=1S/C29H32/c1-4-22(2)25-20-26(23-14-8-5-9-15-23)28(24-16-10-6-11-17-24)27(21-25)29(3)18-12-7-13-19-29/h5-16,18,20-22,24H,4,17,19H2,1-3H3/t22-,24?,29?/m1/s1. The second kappa shape index (κ2) is 8.41. The lowest BCUT2D eigenvalue weighted by Crippen LogP contribution is -2.23. The number of hydrogen-bond acceptors (Lipinski definition) is 0. The monoisotopic (exact) mass is 380 g/mol. The van der Waals surface area contributed by atoms with Gasteiger partial charge in [-0.15, -0.1) is 0 Å². The first-order valence-electron chi connectivity index (χ1n) is 11.0. The highest BCUT2D eigenvalue weighted by atomic mass is 14.3. The Hall–Kier alpha value is -2.60. The van der Waals surface area contributed by atoms with Crippen LogP contribution in [0.5, 0.6) is 0 Å². The van der Waals surface area contributed by atoms with Crippen LogP contribution in [0.15, 0.2) is 91.1 Å². The Morgan fingerprint density at radius 3 is 2.45 bits per heavy atom. The highest BCUT2D eigenvalue weighted by Crippen LogP contribution is 2.45. The Morgan fingerprint density at radius 1 is 1.00 bits per heavy atom. The Balaban J connectivity index is 2.01. The van der Waals surface area contributed by atoms with Gasteiger partial charge in [-0.25, -0.2) is 0 Å². The zero-order valence-corrected chi connectivity index (χ0v) is 17.9. The molecular weight excluding hydrogens is 348 g/mol. The fourth-order valence-electron chi connectivity index (χ4n) is 4.65. The van der Waals surface area contributed by atoms with Gasteiger partial charge in [-0.1, -0.05) is 112 Å². The number of rotatable bonds is 5. The molecule has 0 radical (unpaired) electrons. The van der Waals surface area contributed by atoms with E-state index in [0.29, 0.717) is 11.8 Å². The van der Waals surface area contributed by atoms with Crippen LogP contribution in [0.3, 0.4) is 0 Å². The summed E-state index contributed by atoms with van der Waals surface area (Å²) >= 11 is 0. The van der Waals surface area contributed by atoms with E-state index in [4.69, 9.17) is 0 Å². The molecule has 2 aliphatic rings. The Kier molecular flexibility index (Phi) is 5.72. The summed E-state index contributed by atoms with van der Waals surface area (Å²) < 4.78 is 0. The van der Waals surface area contributed by atoms with Crippen molar-refractivity contribution in [1.82, 2.24) is 0 Å². The third-order valence-electron chi connectivity index (χ3n) is 6.69. The van der Waals surface area contributed by atoms with Gasteiger partial charge < -0.3 is 0 Å². The average Bonchev–Trinajstić information content (AvgIpc) is 2.79. The highest BCUT2D eigenvalue weighted by molar-refractivity contribution is 5.73. The summed E-state index contributed by atoms with van der Waals surface area (Å²) in [5.74, 6) is 0.978. The van der Waals surface area contributed by atoms with E-state index in [-0.39, 0.29) is 5.41 Å². The molecule has 0 nitrogen and oxygen atoms in total. The van der Waals surface area contributed by atoms with Crippen LogP contribution in [0.4, 0.5) is 0 Å². The van der Waals surface area contributed by atoms with Crippen molar-refractivity contribution in [3.63, 3.8) is 0 Å². The topological polar surface area (TPSA) is 0 Å². The molecule has 0 aliphatic heterocycles. The van der Waals surface area contributed by atoms with Crippen molar-refractivity contribution >= 4 is 0 Å². The van der Waals surface area contributed by atoms with E-state index in [0.717, 1.165) is 19.3 Å². The van der Waals surface area contributed by atoms with Gasteiger partial charge in [0, 0.05) is 11.3 Å². The van der Waals surface area contributed by atoms with Crippen LogP contribution in [-0.2, 0) is 5.41 Å². The van der Waals surface area contributed by atoms with E-state index in [1.54, 1.807) is 0 Å². The Morgan fingerprint density at radius 2 is 1.79 bits per heavy atom. The molecule has 0 heterocycles. The van der Waals surface area contributed by atoms with Crippen LogP contribution in [0.1, 0.15) is 68.6 Å². The lowest BCUT2D eigenvalue weighted by Gasteiger charge is -2.34. The quantitative estimate of drug-likeness (QED) is 0.490. The normalized spacial score (nSPS) is 24.0. The molecule has 0 N–H and O–H groups in total. The molecule has 2 aliphatic carbocycles. The molecule has 2 unspecified atom stereocenters. The molecule has 0 saturated heterocycles. The predicted molar refractivity (Wildman–Crippen MR) is 126 cm³/mol. The molecule has 0 heteroatoms. The van der Waals surface area contributed by atoms with E-state index in [1.807, 2.05) is 0 Å². The van der Waals surface area contributed by atoms with Gasteiger partial charge in [0.2, 0.25) is 0 Å². The van der Waals surface area contributed by atoms with Gasteiger partial charge in [-0.3, -0.25) is 0 Å². The van der Waals surface area contributed by atoms with Crippen molar-refractivity contribution in [3.8, 4) is 11.1 Å². The first-order valence-corrected chi connectivity index (χ1v) is 11.0. The molecule has 0 saturated carbocycles. The largest absolute Gasteiger partial charge is 0.0836 e. The summed E-state index contributed by atoms with van der Waals surface area (Å²) in [5.41, 5.74) is 7.24. The van der Waals surface area contributed by atoms with Crippen molar-refractivity contribution in [2.24, 2.45) is 0 Å². The van der Waals surface area contributed by atoms with E-state index < -0.39 is 0 Å². The summed E-state index contributed by atoms with van der Waals surface area (Å²) in [6.45, 7) is 7.05. The van der Waals surface area contributed by atoms with Crippen molar-refractivity contribution in [3.05, 3.63) is 108 Å². The average molecular weight is 381 g/mol. The van der Waals surface area contributed by atoms with Gasteiger partial charge in [-0.2, -0.15) is 0 Å². The molecule has 4 rings (SSSR count). The lowest BCUT2D eigenvalue weighted by atomic mass is 9.69. The SMILES string of the molecule is CC[C@@H](C)c1cc(-c2ccccc2)c(C2C=CC=CC2)c(C2(C)C=CC=CC2)c1. The minimum absolute atomic E-state index is 0.0338. The summed E-state index contributed by atoms with van der Waals surface area (Å²) in [5, 5.41) is 0. The molecule has 0 aromatic heterocycles. The van der Waals surface area contributed by atoms with Crippen LogP contribution in [0.25, 0.3) is 11.1 Å². The van der Waals surface area contributed by atoms with Crippen LogP contribution >= 0.6 is 0 Å². The van der Waals surface area contributed by atoms with Gasteiger partial charge in [0.25, 0.3) is 0 Å². The fourth-order valence-corrected chi connectivity index (χ4v) is 4.65. The first kappa shape index (κ1) is 19.7. The third-order valence-corrected chi connectivity index (χ3v) is 6.69. The number of benzene rings is 2. The number of hydrogen-bond donors (Lipinski definition) is 0. The van der Waals surface area contributed by atoms with E-state index in [2.05, 4.69) is 112 Å². The van der Waals surface area contributed by atoms with E-state index >= 15 is 0 Å². The summed E-state index contributed by atoms with van der Waals surface area (Å²) in [6.07, 6.45) is 21.5. The van der Waals surface area contributed by atoms with E-state index in [1.165, 1.54) is 27.8 Å². The summed E-state index contributed by atoms with van der Waals surface area (Å²) in [7, 11) is 0. The first-order chi connectivity index (χ1) is 14.1. The molecule has 2 aromatic rings. The second-order valence-electron chi connectivity index (χ2n) is 8.77. The van der Waals surface area contributed by atoms with Crippen LogP contribution in [0.2, 0.25) is 0 Å². The van der Waals surface area contributed by atoms with Gasteiger partial charge in [0.15, 0.2) is 0 Å². The van der Waals surface area contributed by atoms with E-state index in [9.17, 15) is 0 Å². The Bertz CT molecular complexity index is 971. The molecule has 3 atom stereocenters. The van der Waals surface area contributed by atoms with Gasteiger partial charge in [0.05, 0.1) is 0 Å². The molecule has 0 spiro atoms. The zero-order chi connectivity index (χ0) is 20.3. The van der Waals surface area contributed by atoms with Crippen LogP contribution in [0, 0.1) is 0 Å². The van der Waals surface area contributed by atoms with Gasteiger partial charge >= 0.3 is 0 Å². The molecule has 29 heavy (non-hydrogen) atoms. The fraction of sp³-hybridized carbons (Fsp3) is 0.310. The van der Waals surface area contributed by atoms with Crippen molar-refractivity contribution in [1.29, 1.82) is 0 Å². The Labute approximate surface area is 176 Å². The molecule has 2 aromatic carbocycles. The van der Waals surface area contributed by atoms with Crippen molar-refractivity contribution < 1.29 is 0 Å². The molecule has 148 valence electrons. The third kappa shape index (κ3) is 3.94. The predicted octanol–water partition coefficient (Wildman–Crippen LogP) is 8.24. The summed E-state index contributed by atoms with van der Waals surface area (Å²) in [4.78, 5) is 0. The van der Waals surface area contributed by atoms with Crippen molar-refractivity contribution in [2.75, 3.05) is 0 Å². The summed E-state index contributed by atoms with van der Waals surface area (Å²) in [6, 6.07) is 16.0. The minimum atomic E-state index is 0.0338. The van der Waals surface area contributed by atoms with Crippen LogP contribution in [-0.4, -0.2) is 0 Å². The minimum Gasteiger partial charge on any atom is -0.0836 e. The zero-order valence-electron chi connectivity index (χ0n) is 17.9. The van der Waals surface area contributed by atoms with Gasteiger partial charge in [-0.05, 0) is 53.0 Å². The van der Waals surface area contributed by atoms with Gasteiger partial charge in [0.1, 0.15) is 0 Å². The second-order valence-corrected chi connectivity index (χ2v) is 8.77. The van der Waals surface area contributed by atoms with Crippen LogP contribution < -0.4 is 0 Å². The highest BCUT2D eigenvalue weighted by Gasteiger charge is 2.31. The van der Waals surface area contributed by atoms with Crippen molar-refractivity contribution in [2.45, 2.75) is 57.3 Å². The smallest absolute Gasteiger partial charge is 0.0144 e. The molecule has 0 amide bonds. The lowest BCUT2D eigenvalue weighted by molar-refractivity contribution is 0.584. The molecule has 0 fully saturated rings. The number of allylic oxidation sites excluding steroid dienone is 8. The molecular formula is C29H32. The maximum absolute atomic E-state index is 2.52. The maximum atomic E-state index is 2.52.